The zero-order valence-corrected chi connectivity index (χ0v) is 13.1. The van der Waals surface area contributed by atoms with E-state index in [-0.39, 0.29) is 5.91 Å². The maximum absolute atomic E-state index is 12.9. The van der Waals surface area contributed by atoms with Crippen molar-refractivity contribution in [1.29, 1.82) is 0 Å². The first kappa shape index (κ1) is 15.5. The lowest BCUT2D eigenvalue weighted by atomic mass is 9.86. The highest BCUT2D eigenvalue weighted by Crippen LogP contribution is 2.31. The fourth-order valence-corrected chi connectivity index (χ4v) is 3.29. The quantitative estimate of drug-likeness (QED) is 0.836. The highest BCUT2D eigenvalue weighted by Gasteiger charge is 2.45. The maximum Gasteiger partial charge on any atom is 0.233 e. The van der Waals surface area contributed by atoms with Crippen LogP contribution in [-0.4, -0.2) is 79.0 Å². The van der Waals surface area contributed by atoms with Crippen molar-refractivity contribution in [3.05, 3.63) is 18.0 Å². The fraction of sp³-hybridized carbons (Fsp3) is 0.733. The molecule has 7 nitrogen and oxygen atoms in total. The van der Waals surface area contributed by atoms with E-state index in [4.69, 9.17) is 9.47 Å². The lowest BCUT2D eigenvalue weighted by Gasteiger charge is -2.39. The number of piperazine rings is 1. The van der Waals surface area contributed by atoms with Crippen LogP contribution in [0.3, 0.4) is 0 Å². The molecule has 1 aromatic heterocycles. The topological polar surface area (TPSA) is 70.7 Å². The number of hydrogen-bond donors (Lipinski definition) is 1. The third kappa shape index (κ3) is 3.16. The molecule has 0 radical (unpaired) electrons. The van der Waals surface area contributed by atoms with Gasteiger partial charge in [-0.1, -0.05) is 0 Å². The predicted octanol–water partition coefficient (Wildman–Crippen LogP) is 0.107. The van der Waals surface area contributed by atoms with E-state index in [0.29, 0.717) is 19.8 Å². The number of rotatable bonds is 5. The Balaban J connectivity index is 1.55. The molecule has 2 aliphatic heterocycles. The molecule has 3 heterocycles. The summed E-state index contributed by atoms with van der Waals surface area (Å²) in [6.07, 6.45) is 4.52. The second-order valence-corrected chi connectivity index (χ2v) is 6.19. The van der Waals surface area contributed by atoms with Crippen molar-refractivity contribution in [3.8, 4) is 0 Å². The van der Waals surface area contributed by atoms with Gasteiger partial charge in [-0.15, -0.1) is 0 Å². The van der Waals surface area contributed by atoms with E-state index < -0.39 is 5.41 Å². The van der Waals surface area contributed by atoms with Gasteiger partial charge in [-0.05, 0) is 6.42 Å². The van der Waals surface area contributed by atoms with E-state index in [9.17, 15) is 4.79 Å². The van der Waals surface area contributed by atoms with Crippen LogP contribution in [0.25, 0.3) is 0 Å². The third-order valence-electron chi connectivity index (χ3n) is 4.60. The Bertz CT molecular complexity index is 477. The molecule has 1 unspecified atom stereocenters. The molecule has 122 valence electrons. The molecule has 2 aliphatic rings. The zero-order valence-electron chi connectivity index (χ0n) is 13.1. The molecule has 0 bridgehead atoms. The molecular formula is C15H24N4O3. The van der Waals surface area contributed by atoms with Gasteiger partial charge in [-0.25, -0.2) is 0 Å². The van der Waals surface area contributed by atoms with Crippen LogP contribution in [0.15, 0.2) is 12.4 Å². The van der Waals surface area contributed by atoms with Crippen molar-refractivity contribution in [2.24, 2.45) is 5.41 Å². The van der Waals surface area contributed by atoms with Gasteiger partial charge in [-0.3, -0.25) is 14.8 Å². The number of carbonyl (C=O) groups excluding carboxylic acids is 1. The molecule has 2 saturated heterocycles. The normalized spacial score (nSPS) is 26.5. The molecule has 0 spiro atoms. The maximum atomic E-state index is 12.9. The monoisotopic (exact) mass is 308 g/mol. The molecule has 1 atom stereocenters. The minimum Gasteiger partial charge on any atom is -0.383 e. The first-order valence-corrected chi connectivity index (χ1v) is 7.80. The average molecular weight is 308 g/mol. The number of carbonyl (C=O) groups is 1. The third-order valence-corrected chi connectivity index (χ3v) is 4.60. The number of aromatic nitrogens is 2. The summed E-state index contributed by atoms with van der Waals surface area (Å²) in [6, 6.07) is 0. The number of ether oxygens (including phenoxy) is 2. The van der Waals surface area contributed by atoms with Crippen LogP contribution in [-0.2, 0) is 20.8 Å². The molecule has 22 heavy (non-hydrogen) atoms. The van der Waals surface area contributed by atoms with Gasteiger partial charge in [-0.2, -0.15) is 5.10 Å². The minimum atomic E-state index is -0.471. The van der Waals surface area contributed by atoms with E-state index >= 15 is 0 Å². The molecular weight excluding hydrogens is 284 g/mol. The molecule has 3 rings (SSSR count). The van der Waals surface area contributed by atoms with Crippen molar-refractivity contribution in [1.82, 2.24) is 20.0 Å². The summed E-state index contributed by atoms with van der Waals surface area (Å²) in [5, 5.41) is 6.80. The number of aromatic amines is 1. The first-order valence-electron chi connectivity index (χ1n) is 7.80. The van der Waals surface area contributed by atoms with E-state index in [1.807, 2.05) is 17.3 Å². The van der Waals surface area contributed by atoms with Crippen molar-refractivity contribution in [2.75, 3.05) is 53.1 Å². The van der Waals surface area contributed by atoms with E-state index in [1.165, 1.54) is 5.56 Å². The summed E-state index contributed by atoms with van der Waals surface area (Å²) in [5.41, 5.74) is 0.710. The van der Waals surface area contributed by atoms with E-state index in [2.05, 4.69) is 15.1 Å². The highest BCUT2D eigenvalue weighted by molar-refractivity contribution is 5.83. The smallest absolute Gasteiger partial charge is 0.233 e. The Morgan fingerprint density at radius 3 is 2.86 bits per heavy atom. The number of nitrogens with zero attached hydrogens (tertiary/aromatic N) is 3. The van der Waals surface area contributed by atoms with Gasteiger partial charge >= 0.3 is 0 Å². The Hall–Kier alpha value is -1.44. The minimum absolute atomic E-state index is 0.190. The second-order valence-electron chi connectivity index (χ2n) is 6.19. The van der Waals surface area contributed by atoms with Crippen LogP contribution in [0.1, 0.15) is 12.0 Å². The second kappa shape index (κ2) is 6.76. The van der Waals surface area contributed by atoms with E-state index in [1.54, 1.807) is 7.11 Å². The Labute approximate surface area is 130 Å². The Kier molecular flexibility index (Phi) is 4.75. The Morgan fingerprint density at radius 1 is 1.45 bits per heavy atom. The van der Waals surface area contributed by atoms with E-state index in [0.717, 1.165) is 39.1 Å². The summed E-state index contributed by atoms with van der Waals surface area (Å²) in [6.45, 7) is 5.77. The van der Waals surface area contributed by atoms with Crippen LogP contribution in [0.5, 0.6) is 0 Å². The summed E-state index contributed by atoms with van der Waals surface area (Å²) < 4.78 is 10.8. The van der Waals surface area contributed by atoms with Gasteiger partial charge in [0, 0.05) is 58.2 Å². The predicted molar refractivity (Wildman–Crippen MR) is 80.2 cm³/mol. The van der Waals surface area contributed by atoms with Gasteiger partial charge in [0.1, 0.15) is 0 Å². The number of amides is 1. The lowest BCUT2D eigenvalue weighted by Crippen LogP contribution is -2.54. The molecule has 7 heteroatoms. The molecule has 0 aliphatic carbocycles. The first-order chi connectivity index (χ1) is 10.7. The summed E-state index contributed by atoms with van der Waals surface area (Å²) >= 11 is 0. The van der Waals surface area contributed by atoms with Crippen LogP contribution in [0.2, 0.25) is 0 Å². The summed E-state index contributed by atoms with van der Waals surface area (Å²) in [5.74, 6) is 0.190. The van der Waals surface area contributed by atoms with Crippen LogP contribution in [0.4, 0.5) is 0 Å². The summed E-state index contributed by atoms with van der Waals surface area (Å²) in [7, 11) is 1.65. The van der Waals surface area contributed by atoms with Gasteiger partial charge < -0.3 is 14.4 Å². The zero-order chi connectivity index (χ0) is 15.4. The van der Waals surface area contributed by atoms with Crippen molar-refractivity contribution >= 4 is 5.91 Å². The number of nitrogens with one attached hydrogen (secondary N) is 1. The van der Waals surface area contributed by atoms with Crippen molar-refractivity contribution in [2.45, 2.75) is 13.0 Å². The van der Waals surface area contributed by atoms with Crippen molar-refractivity contribution < 1.29 is 14.3 Å². The average Bonchev–Trinajstić information content (AvgIpc) is 3.20. The molecule has 0 saturated carbocycles. The van der Waals surface area contributed by atoms with Crippen LogP contribution < -0.4 is 0 Å². The molecule has 1 aromatic rings. The van der Waals surface area contributed by atoms with Crippen molar-refractivity contribution in [3.63, 3.8) is 0 Å². The standard InChI is InChI=1S/C15H24N4O3/c1-21-11-15(2-7-22-12-15)14(20)19-5-3-18(4-6-19)10-13-8-16-17-9-13/h8-9H,2-7,10-12H2,1H3,(H,16,17). The Morgan fingerprint density at radius 2 is 2.27 bits per heavy atom. The summed E-state index contributed by atoms with van der Waals surface area (Å²) in [4.78, 5) is 17.2. The fourth-order valence-electron chi connectivity index (χ4n) is 3.29. The lowest BCUT2D eigenvalue weighted by molar-refractivity contribution is -0.147. The molecule has 1 N–H and O–H groups in total. The number of H-pyrrole nitrogens is 1. The number of methoxy groups -OCH3 is 1. The van der Waals surface area contributed by atoms with Gasteiger partial charge in [0.25, 0.3) is 0 Å². The number of hydrogen-bond acceptors (Lipinski definition) is 5. The van der Waals surface area contributed by atoms with Crippen LogP contribution in [0, 0.1) is 5.41 Å². The molecule has 2 fully saturated rings. The molecule has 1 amide bonds. The van der Waals surface area contributed by atoms with Gasteiger partial charge in [0.15, 0.2) is 0 Å². The highest BCUT2D eigenvalue weighted by atomic mass is 16.5. The van der Waals surface area contributed by atoms with Gasteiger partial charge in [0.2, 0.25) is 5.91 Å². The van der Waals surface area contributed by atoms with Gasteiger partial charge in [0.05, 0.1) is 24.8 Å². The SMILES string of the molecule is COCC1(C(=O)N2CCN(Cc3cn[nH]c3)CC2)CCOC1. The molecule has 0 aromatic carbocycles. The largest absolute Gasteiger partial charge is 0.383 e. The van der Waals surface area contributed by atoms with Crippen LogP contribution >= 0.6 is 0 Å².